The van der Waals surface area contributed by atoms with Crippen molar-refractivity contribution in [1.29, 1.82) is 0 Å². The zero-order valence-corrected chi connectivity index (χ0v) is 14.5. The fourth-order valence-electron chi connectivity index (χ4n) is 5.48. The van der Waals surface area contributed by atoms with Crippen molar-refractivity contribution in [1.82, 2.24) is 10.3 Å². The van der Waals surface area contributed by atoms with E-state index in [1.54, 1.807) is 11.3 Å². The molecule has 1 heterocycles. The van der Waals surface area contributed by atoms with E-state index in [4.69, 9.17) is 0 Å². The number of hydrogen-bond donors (Lipinski definition) is 1. The van der Waals surface area contributed by atoms with E-state index in [1.807, 2.05) is 35.7 Å². The van der Waals surface area contributed by atoms with E-state index < -0.39 is 0 Å². The zero-order chi connectivity index (χ0) is 16.1. The monoisotopic (exact) mass is 338 g/mol. The van der Waals surface area contributed by atoms with Crippen molar-refractivity contribution in [2.75, 3.05) is 0 Å². The second-order valence-electron chi connectivity index (χ2n) is 7.83. The average molecular weight is 338 g/mol. The second kappa shape index (κ2) is 5.69. The minimum absolute atomic E-state index is 0.0194. The molecule has 124 valence electrons. The number of amides is 1. The van der Waals surface area contributed by atoms with Crippen LogP contribution in [0.2, 0.25) is 0 Å². The van der Waals surface area contributed by atoms with E-state index in [-0.39, 0.29) is 5.91 Å². The van der Waals surface area contributed by atoms with Crippen molar-refractivity contribution in [3.8, 4) is 10.6 Å². The van der Waals surface area contributed by atoms with Crippen LogP contribution in [0.15, 0.2) is 35.7 Å². The Kier molecular flexibility index (Phi) is 3.47. The highest BCUT2D eigenvalue weighted by Crippen LogP contribution is 2.53. The van der Waals surface area contributed by atoms with Gasteiger partial charge >= 0.3 is 0 Å². The van der Waals surface area contributed by atoms with Crippen LogP contribution in [0.4, 0.5) is 0 Å². The van der Waals surface area contributed by atoms with Gasteiger partial charge in [0.05, 0.1) is 0 Å². The van der Waals surface area contributed by atoms with Gasteiger partial charge in [0.15, 0.2) is 0 Å². The van der Waals surface area contributed by atoms with Crippen LogP contribution in [0.1, 0.15) is 42.6 Å². The standard InChI is InChI=1S/C20H22N2OS/c23-19(17-11-24-20(21-17)14-4-2-1-3-5-14)22-18-15-7-12-6-13(9-15)10-16(18)8-12/h1-5,11-13,15-16,18H,6-10H2,(H,22,23). The Bertz CT molecular complexity index is 726. The second-order valence-corrected chi connectivity index (χ2v) is 8.69. The number of aromatic nitrogens is 1. The number of carbonyl (C=O) groups excluding carboxylic acids is 1. The summed E-state index contributed by atoms with van der Waals surface area (Å²) < 4.78 is 0. The third kappa shape index (κ3) is 2.48. The van der Waals surface area contributed by atoms with Gasteiger partial charge in [-0.15, -0.1) is 11.3 Å². The van der Waals surface area contributed by atoms with Crippen molar-refractivity contribution in [2.45, 2.75) is 38.1 Å². The van der Waals surface area contributed by atoms with Gasteiger partial charge in [-0.05, 0) is 55.8 Å². The highest BCUT2D eigenvalue weighted by Gasteiger charge is 2.48. The molecule has 0 radical (unpaired) electrons. The number of nitrogens with one attached hydrogen (secondary N) is 1. The number of hydrogen-bond acceptors (Lipinski definition) is 3. The molecule has 1 N–H and O–H groups in total. The summed E-state index contributed by atoms with van der Waals surface area (Å²) in [5.41, 5.74) is 1.66. The summed E-state index contributed by atoms with van der Waals surface area (Å²) in [7, 11) is 0. The molecular weight excluding hydrogens is 316 g/mol. The van der Waals surface area contributed by atoms with Crippen LogP contribution >= 0.6 is 11.3 Å². The topological polar surface area (TPSA) is 42.0 Å². The van der Waals surface area contributed by atoms with Gasteiger partial charge in [0.2, 0.25) is 0 Å². The first kappa shape index (κ1) is 14.6. The van der Waals surface area contributed by atoms with Crippen LogP contribution in [-0.2, 0) is 0 Å². The number of rotatable bonds is 3. The molecule has 4 saturated carbocycles. The molecule has 4 fully saturated rings. The third-order valence-corrected chi connectivity index (χ3v) is 7.17. The van der Waals surface area contributed by atoms with Crippen LogP contribution in [0, 0.1) is 23.7 Å². The van der Waals surface area contributed by atoms with Crippen LogP contribution in [0.25, 0.3) is 10.6 Å². The van der Waals surface area contributed by atoms with Gasteiger partial charge in [-0.3, -0.25) is 4.79 Å². The van der Waals surface area contributed by atoms with Gasteiger partial charge in [-0.1, -0.05) is 30.3 Å². The summed E-state index contributed by atoms with van der Waals surface area (Å²) >= 11 is 1.55. The summed E-state index contributed by atoms with van der Waals surface area (Å²) in [6.45, 7) is 0. The minimum Gasteiger partial charge on any atom is -0.347 e. The maximum Gasteiger partial charge on any atom is 0.271 e. The van der Waals surface area contributed by atoms with Crippen LogP contribution in [0.3, 0.4) is 0 Å². The predicted octanol–water partition coefficient (Wildman–Crippen LogP) is 4.36. The molecule has 0 aliphatic heterocycles. The maximum atomic E-state index is 12.7. The number of carbonyl (C=O) groups is 1. The fourth-order valence-corrected chi connectivity index (χ4v) is 6.28. The van der Waals surface area contributed by atoms with Crippen LogP contribution in [0.5, 0.6) is 0 Å². The van der Waals surface area contributed by atoms with E-state index in [0.29, 0.717) is 23.6 Å². The largest absolute Gasteiger partial charge is 0.347 e. The van der Waals surface area contributed by atoms with Crippen molar-refractivity contribution < 1.29 is 4.79 Å². The van der Waals surface area contributed by atoms with Crippen molar-refractivity contribution in [3.63, 3.8) is 0 Å². The number of nitrogens with zero attached hydrogens (tertiary/aromatic N) is 1. The molecule has 6 rings (SSSR count). The van der Waals surface area contributed by atoms with E-state index >= 15 is 0 Å². The molecule has 1 aromatic heterocycles. The summed E-state index contributed by atoms with van der Waals surface area (Å²) in [6.07, 6.45) is 6.74. The fraction of sp³-hybridized carbons (Fsp3) is 0.500. The summed E-state index contributed by atoms with van der Waals surface area (Å²) in [6, 6.07) is 10.5. The van der Waals surface area contributed by atoms with Gasteiger partial charge < -0.3 is 5.32 Å². The van der Waals surface area contributed by atoms with Crippen molar-refractivity contribution in [2.24, 2.45) is 23.7 Å². The lowest BCUT2D eigenvalue weighted by atomic mass is 9.54. The van der Waals surface area contributed by atoms with Crippen molar-refractivity contribution in [3.05, 3.63) is 41.4 Å². The Labute approximate surface area is 146 Å². The highest BCUT2D eigenvalue weighted by atomic mass is 32.1. The summed E-state index contributed by atoms with van der Waals surface area (Å²) in [4.78, 5) is 17.3. The molecule has 24 heavy (non-hydrogen) atoms. The lowest BCUT2D eigenvalue weighted by molar-refractivity contribution is -0.0120. The molecule has 4 aliphatic rings. The zero-order valence-electron chi connectivity index (χ0n) is 13.7. The van der Waals surface area contributed by atoms with Gasteiger partial charge in [-0.25, -0.2) is 4.98 Å². The molecular formula is C20H22N2OS. The molecule has 0 unspecified atom stereocenters. The first-order chi connectivity index (χ1) is 11.8. The van der Waals surface area contributed by atoms with Gasteiger partial charge in [0, 0.05) is 17.0 Å². The first-order valence-corrected chi connectivity index (χ1v) is 9.96. The molecule has 4 bridgehead atoms. The first-order valence-electron chi connectivity index (χ1n) is 9.08. The molecule has 0 spiro atoms. The number of benzene rings is 1. The predicted molar refractivity (Wildman–Crippen MR) is 95.8 cm³/mol. The normalized spacial score (nSPS) is 33.6. The summed E-state index contributed by atoms with van der Waals surface area (Å²) in [5, 5.41) is 6.17. The van der Waals surface area contributed by atoms with E-state index in [9.17, 15) is 4.79 Å². The molecule has 1 aromatic carbocycles. The van der Waals surface area contributed by atoms with E-state index in [2.05, 4.69) is 10.3 Å². The molecule has 2 aromatic rings. The molecule has 3 nitrogen and oxygen atoms in total. The van der Waals surface area contributed by atoms with Crippen LogP contribution in [-0.4, -0.2) is 16.9 Å². The van der Waals surface area contributed by atoms with Gasteiger partial charge in [0.1, 0.15) is 10.7 Å². The number of thiazole rings is 1. The lowest BCUT2D eigenvalue weighted by Crippen LogP contribution is -2.55. The molecule has 4 heteroatoms. The Morgan fingerprint density at radius 3 is 2.33 bits per heavy atom. The van der Waals surface area contributed by atoms with E-state index in [1.165, 1.54) is 32.1 Å². The maximum absolute atomic E-state index is 12.7. The van der Waals surface area contributed by atoms with Gasteiger partial charge in [-0.2, -0.15) is 0 Å². The van der Waals surface area contributed by atoms with Crippen molar-refractivity contribution >= 4 is 17.2 Å². The Hall–Kier alpha value is -1.68. The Morgan fingerprint density at radius 1 is 1.00 bits per heavy atom. The Balaban J connectivity index is 1.32. The molecule has 1 amide bonds. The summed E-state index contributed by atoms with van der Waals surface area (Å²) in [5.74, 6) is 3.30. The third-order valence-electron chi connectivity index (χ3n) is 6.28. The van der Waals surface area contributed by atoms with Gasteiger partial charge in [0.25, 0.3) is 5.91 Å². The molecule has 0 atom stereocenters. The highest BCUT2D eigenvalue weighted by molar-refractivity contribution is 7.13. The lowest BCUT2D eigenvalue weighted by Gasteiger charge is -2.54. The minimum atomic E-state index is 0.0194. The Morgan fingerprint density at radius 2 is 1.67 bits per heavy atom. The SMILES string of the molecule is O=C(NC1C2CC3CC(C2)CC1C3)c1csc(-c2ccccc2)n1. The smallest absolute Gasteiger partial charge is 0.271 e. The average Bonchev–Trinajstić information content (AvgIpc) is 3.08. The van der Waals surface area contributed by atoms with Crippen LogP contribution < -0.4 is 5.32 Å². The quantitative estimate of drug-likeness (QED) is 0.903. The molecule has 0 saturated heterocycles. The molecule has 4 aliphatic carbocycles. The van der Waals surface area contributed by atoms with E-state index in [0.717, 1.165) is 22.4 Å².